The van der Waals surface area contributed by atoms with E-state index in [2.05, 4.69) is 0 Å². The van der Waals surface area contributed by atoms with E-state index >= 15 is 0 Å². The summed E-state index contributed by atoms with van der Waals surface area (Å²) in [5.74, 6) is -1.63. The SMILES string of the molecule is O=P1(c2ccc(F)cc2F)OCCO1. The van der Waals surface area contributed by atoms with Crippen LogP contribution in [0, 0.1) is 11.6 Å². The Kier molecular flexibility index (Phi) is 2.39. The summed E-state index contributed by atoms with van der Waals surface area (Å²) in [6, 6.07) is 2.75. The first-order valence-electron chi connectivity index (χ1n) is 3.96. The highest BCUT2D eigenvalue weighted by Gasteiger charge is 2.35. The molecule has 1 saturated heterocycles. The van der Waals surface area contributed by atoms with Gasteiger partial charge in [0.25, 0.3) is 0 Å². The topological polar surface area (TPSA) is 35.5 Å². The lowest BCUT2D eigenvalue weighted by molar-refractivity contribution is 0.364. The zero-order chi connectivity index (χ0) is 10.2. The van der Waals surface area contributed by atoms with Crippen molar-refractivity contribution >= 4 is 12.9 Å². The van der Waals surface area contributed by atoms with Gasteiger partial charge in [0, 0.05) is 6.07 Å². The van der Waals surface area contributed by atoms with Crippen LogP contribution in [0.3, 0.4) is 0 Å². The van der Waals surface area contributed by atoms with Crippen LogP contribution >= 0.6 is 7.60 Å². The zero-order valence-corrected chi connectivity index (χ0v) is 7.97. The third-order valence-electron chi connectivity index (χ3n) is 1.81. The van der Waals surface area contributed by atoms with Gasteiger partial charge >= 0.3 is 7.60 Å². The van der Waals surface area contributed by atoms with E-state index in [1.54, 1.807) is 0 Å². The maximum Gasteiger partial charge on any atom is 0.364 e. The molecule has 76 valence electrons. The Balaban J connectivity index is 2.46. The minimum atomic E-state index is -3.52. The van der Waals surface area contributed by atoms with Crippen molar-refractivity contribution in [3.05, 3.63) is 29.8 Å². The second kappa shape index (κ2) is 3.42. The number of hydrogen-bond donors (Lipinski definition) is 0. The Hall–Kier alpha value is -0.770. The van der Waals surface area contributed by atoms with E-state index in [-0.39, 0.29) is 18.5 Å². The molecular weight excluding hydrogens is 213 g/mol. The fourth-order valence-corrected chi connectivity index (χ4v) is 2.76. The smallest absolute Gasteiger partial charge is 0.303 e. The fraction of sp³-hybridized carbons (Fsp3) is 0.250. The first-order valence-corrected chi connectivity index (χ1v) is 5.51. The summed E-state index contributed by atoms with van der Waals surface area (Å²) in [6.07, 6.45) is 0. The van der Waals surface area contributed by atoms with Gasteiger partial charge in [0.2, 0.25) is 0 Å². The van der Waals surface area contributed by atoms with Crippen LogP contribution in [0.1, 0.15) is 0 Å². The standard InChI is InChI=1S/C8H7F2O3P/c9-6-1-2-8(7(10)5-6)14(11)12-3-4-13-14/h1-2,5H,3-4H2. The summed E-state index contributed by atoms with van der Waals surface area (Å²) in [7, 11) is -3.52. The summed E-state index contributed by atoms with van der Waals surface area (Å²) in [6.45, 7) is 0.322. The van der Waals surface area contributed by atoms with Gasteiger partial charge in [-0.3, -0.25) is 4.57 Å². The van der Waals surface area contributed by atoms with Gasteiger partial charge in [-0.05, 0) is 12.1 Å². The highest BCUT2D eigenvalue weighted by Crippen LogP contribution is 2.50. The lowest BCUT2D eigenvalue weighted by Crippen LogP contribution is -2.10. The second-order valence-corrected chi connectivity index (χ2v) is 4.75. The largest absolute Gasteiger partial charge is 0.364 e. The maximum atomic E-state index is 13.2. The molecule has 0 aliphatic carbocycles. The van der Waals surface area contributed by atoms with Crippen LogP contribution in [0.4, 0.5) is 8.78 Å². The van der Waals surface area contributed by atoms with Crippen molar-refractivity contribution in [1.82, 2.24) is 0 Å². The van der Waals surface area contributed by atoms with Crippen LogP contribution in [-0.2, 0) is 13.6 Å². The highest BCUT2D eigenvalue weighted by atomic mass is 31.2. The van der Waals surface area contributed by atoms with Crippen molar-refractivity contribution in [3.63, 3.8) is 0 Å². The van der Waals surface area contributed by atoms with Crippen molar-refractivity contribution in [2.24, 2.45) is 0 Å². The van der Waals surface area contributed by atoms with Crippen molar-refractivity contribution in [1.29, 1.82) is 0 Å². The van der Waals surface area contributed by atoms with E-state index in [0.29, 0.717) is 6.07 Å². The lowest BCUT2D eigenvalue weighted by atomic mass is 10.3. The molecular formula is C8H7F2O3P. The Bertz CT molecular complexity index is 398. The Morgan fingerprint density at radius 3 is 2.43 bits per heavy atom. The number of hydrogen-bond acceptors (Lipinski definition) is 3. The van der Waals surface area contributed by atoms with E-state index in [1.807, 2.05) is 0 Å². The molecule has 1 aromatic rings. The fourth-order valence-electron chi connectivity index (χ4n) is 1.19. The molecule has 14 heavy (non-hydrogen) atoms. The molecule has 0 bridgehead atoms. The predicted octanol–water partition coefficient (Wildman–Crippen LogP) is 1.83. The lowest BCUT2D eigenvalue weighted by Gasteiger charge is -2.09. The third kappa shape index (κ3) is 1.59. The van der Waals surface area contributed by atoms with Gasteiger partial charge < -0.3 is 9.05 Å². The molecule has 0 N–H and O–H groups in total. The highest BCUT2D eigenvalue weighted by molar-refractivity contribution is 7.62. The predicted molar refractivity (Wildman–Crippen MR) is 45.5 cm³/mol. The first kappa shape index (κ1) is 9.77. The minimum absolute atomic E-state index is 0.161. The van der Waals surface area contributed by atoms with E-state index in [9.17, 15) is 13.3 Å². The molecule has 2 rings (SSSR count). The first-order chi connectivity index (χ1) is 6.62. The maximum absolute atomic E-state index is 13.2. The van der Waals surface area contributed by atoms with E-state index in [1.165, 1.54) is 0 Å². The van der Waals surface area contributed by atoms with Gasteiger partial charge in [0.05, 0.1) is 18.5 Å². The molecule has 1 aliphatic heterocycles. The van der Waals surface area contributed by atoms with Crippen LogP contribution < -0.4 is 5.30 Å². The Morgan fingerprint density at radius 2 is 1.86 bits per heavy atom. The van der Waals surface area contributed by atoms with Gasteiger partial charge in [-0.1, -0.05) is 0 Å². The van der Waals surface area contributed by atoms with Gasteiger partial charge in [-0.2, -0.15) is 0 Å². The molecule has 0 amide bonds. The number of rotatable bonds is 1. The summed E-state index contributed by atoms with van der Waals surface area (Å²) in [4.78, 5) is 0. The number of halogens is 2. The number of benzene rings is 1. The summed E-state index contributed by atoms with van der Waals surface area (Å²) < 4.78 is 47.1. The van der Waals surface area contributed by atoms with E-state index in [0.717, 1.165) is 12.1 Å². The summed E-state index contributed by atoms with van der Waals surface area (Å²) in [5, 5.41) is -0.212. The quantitative estimate of drug-likeness (QED) is 0.677. The van der Waals surface area contributed by atoms with Crippen molar-refractivity contribution < 1.29 is 22.4 Å². The monoisotopic (exact) mass is 220 g/mol. The van der Waals surface area contributed by atoms with Crippen LogP contribution in [-0.4, -0.2) is 13.2 Å². The Morgan fingerprint density at radius 1 is 1.21 bits per heavy atom. The molecule has 0 atom stereocenters. The molecule has 1 aromatic carbocycles. The van der Waals surface area contributed by atoms with Crippen LogP contribution in [0.15, 0.2) is 18.2 Å². The van der Waals surface area contributed by atoms with Gasteiger partial charge in [-0.25, -0.2) is 8.78 Å². The van der Waals surface area contributed by atoms with Crippen molar-refractivity contribution in [3.8, 4) is 0 Å². The van der Waals surface area contributed by atoms with Crippen LogP contribution in [0.25, 0.3) is 0 Å². The van der Waals surface area contributed by atoms with Crippen molar-refractivity contribution in [2.45, 2.75) is 0 Å². The second-order valence-electron chi connectivity index (χ2n) is 2.76. The van der Waals surface area contributed by atoms with Gasteiger partial charge in [0.1, 0.15) is 11.6 Å². The normalized spacial score (nSPS) is 19.9. The molecule has 1 fully saturated rings. The molecule has 1 heterocycles. The average molecular weight is 220 g/mol. The van der Waals surface area contributed by atoms with Gasteiger partial charge in [-0.15, -0.1) is 0 Å². The summed E-state index contributed by atoms with van der Waals surface area (Å²) in [5.41, 5.74) is 0. The van der Waals surface area contributed by atoms with Crippen LogP contribution in [0.2, 0.25) is 0 Å². The average Bonchev–Trinajstić information content (AvgIpc) is 2.52. The molecule has 0 unspecified atom stereocenters. The van der Waals surface area contributed by atoms with E-state index in [4.69, 9.17) is 9.05 Å². The third-order valence-corrected chi connectivity index (χ3v) is 3.81. The van der Waals surface area contributed by atoms with Crippen LogP contribution in [0.5, 0.6) is 0 Å². The minimum Gasteiger partial charge on any atom is -0.303 e. The summed E-state index contributed by atoms with van der Waals surface area (Å²) >= 11 is 0. The van der Waals surface area contributed by atoms with E-state index < -0.39 is 19.2 Å². The molecule has 1 aliphatic rings. The Labute approximate surface area is 79.2 Å². The molecule has 0 saturated carbocycles. The molecule has 6 heteroatoms. The van der Waals surface area contributed by atoms with Crippen molar-refractivity contribution in [2.75, 3.05) is 13.2 Å². The molecule has 0 spiro atoms. The van der Waals surface area contributed by atoms with Gasteiger partial charge in [0.15, 0.2) is 0 Å². The molecule has 3 nitrogen and oxygen atoms in total. The zero-order valence-electron chi connectivity index (χ0n) is 7.07. The molecule has 0 radical (unpaired) electrons. The molecule has 0 aromatic heterocycles.